The number of hydrogen-bond acceptors (Lipinski definition) is 3. The molecule has 0 bridgehead atoms. The number of carbonyl (C=O) groups is 1. The van der Waals surface area contributed by atoms with Crippen molar-refractivity contribution in [1.82, 2.24) is 4.90 Å². The van der Waals surface area contributed by atoms with Crippen LogP contribution in [0.5, 0.6) is 0 Å². The summed E-state index contributed by atoms with van der Waals surface area (Å²) in [6, 6.07) is 16.2. The minimum atomic E-state index is 0.152. The predicted octanol–water partition coefficient (Wildman–Crippen LogP) is 3.46. The van der Waals surface area contributed by atoms with E-state index in [-0.39, 0.29) is 5.91 Å². The Labute approximate surface area is 150 Å². The molecule has 2 aromatic carbocycles. The maximum Gasteiger partial charge on any atom is 0.222 e. The van der Waals surface area contributed by atoms with E-state index in [1.807, 2.05) is 36.2 Å². The zero-order chi connectivity index (χ0) is 17.6. The lowest BCUT2D eigenvalue weighted by Gasteiger charge is -2.24. The minimum Gasteiger partial charge on any atom is -0.399 e. The number of aryl methyl sites for hydroxylation is 1. The molecule has 4 heteroatoms. The van der Waals surface area contributed by atoms with Gasteiger partial charge in [0, 0.05) is 44.5 Å². The third kappa shape index (κ3) is 4.32. The molecule has 0 atom stereocenters. The molecule has 2 N–H and O–H groups in total. The maximum atomic E-state index is 12.5. The number of anilines is 2. The smallest absolute Gasteiger partial charge is 0.222 e. The molecular formula is C21H27N3O. The van der Waals surface area contributed by atoms with Gasteiger partial charge in [-0.05, 0) is 42.5 Å². The second-order valence-corrected chi connectivity index (χ2v) is 6.77. The molecule has 0 unspecified atom stereocenters. The molecule has 132 valence electrons. The van der Waals surface area contributed by atoms with Crippen LogP contribution in [0.25, 0.3) is 0 Å². The molecule has 25 heavy (non-hydrogen) atoms. The number of hydrogen-bond donors (Lipinski definition) is 1. The summed E-state index contributed by atoms with van der Waals surface area (Å²) in [5.74, 6) is 0.152. The quantitative estimate of drug-likeness (QED) is 0.821. The molecule has 1 saturated heterocycles. The van der Waals surface area contributed by atoms with Gasteiger partial charge in [0.1, 0.15) is 0 Å². The molecule has 1 aliphatic heterocycles. The molecule has 0 aliphatic carbocycles. The van der Waals surface area contributed by atoms with Gasteiger partial charge < -0.3 is 15.5 Å². The van der Waals surface area contributed by atoms with Crippen molar-refractivity contribution >= 4 is 17.3 Å². The van der Waals surface area contributed by atoms with Crippen LogP contribution in [0, 0.1) is 0 Å². The largest absolute Gasteiger partial charge is 0.399 e. The average molecular weight is 337 g/mol. The molecule has 0 spiro atoms. The van der Waals surface area contributed by atoms with Gasteiger partial charge in [-0.2, -0.15) is 0 Å². The van der Waals surface area contributed by atoms with Crippen LogP contribution >= 0.6 is 0 Å². The Morgan fingerprint density at radius 2 is 1.68 bits per heavy atom. The number of nitrogens with zero attached hydrogens (tertiary/aromatic N) is 2. The number of nitrogen functional groups attached to an aromatic ring is 1. The van der Waals surface area contributed by atoms with Gasteiger partial charge in [-0.25, -0.2) is 0 Å². The van der Waals surface area contributed by atoms with Gasteiger partial charge in [-0.1, -0.05) is 36.4 Å². The summed E-state index contributed by atoms with van der Waals surface area (Å²) in [6.07, 6.45) is 3.67. The second-order valence-electron chi connectivity index (χ2n) is 6.77. The van der Waals surface area contributed by atoms with Gasteiger partial charge in [0.15, 0.2) is 0 Å². The molecule has 1 fully saturated rings. The average Bonchev–Trinajstić information content (AvgIpc) is 3.15. The molecule has 1 aliphatic rings. The van der Waals surface area contributed by atoms with Crippen molar-refractivity contribution in [2.45, 2.75) is 32.2 Å². The first-order valence-corrected chi connectivity index (χ1v) is 9.05. The second kappa shape index (κ2) is 8.06. The van der Waals surface area contributed by atoms with Crippen molar-refractivity contribution < 1.29 is 4.79 Å². The summed E-state index contributed by atoms with van der Waals surface area (Å²) in [5.41, 5.74) is 10.3. The highest BCUT2D eigenvalue weighted by Crippen LogP contribution is 2.25. The number of carbonyl (C=O) groups excluding carboxylic acids is 1. The number of rotatable bonds is 6. The maximum absolute atomic E-state index is 12.5. The van der Waals surface area contributed by atoms with E-state index < -0.39 is 0 Å². The third-order valence-corrected chi connectivity index (χ3v) is 4.93. The third-order valence-electron chi connectivity index (χ3n) is 4.93. The number of para-hydroxylation sites is 2. The van der Waals surface area contributed by atoms with Crippen LogP contribution in [0.4, 0.5) is 11.4 Å². The van der Waals surface area contributed by atoms with E-state index in [2.05, 4.69) is 29.2 Å². The van der Waals surface area contributed by atoms with Gasteiger partial charge in [-0.15, -0.1) is 0 Å². The van der Waals surface area contributed by atoms with Gasteiger partial charge in [0.25, 0.3) is 0 Å². The Balaban J connectivity index is 1.61. The number of benzene rings is 2. The van der Waals surface area contributed by atoms with Crippen molar-refractivity contribution in [2.24, 2.45) is 0 Å². The molecule has 0 aromatic heterocycles. The summed E-state index contributed by atoms with van der Waals surface area (Å²) in [6.45, 7) is 2.87. The van der Waals surface area contributed by atoms with E-state index in [0.29, 0.717) is 19.4 Å². The zero-order valence-electron chi connectivity index (χ0n) is 14.9. The Kier molecular flexibility index (Phi) is 5.59. The van der Waals surface area contributed by atoms with Crippen LogP contribution in [0.2, 0.25) is 0 Å². The van der Waals surface area contributed by atoms with E-state index in [0.717, 1.165) is 24.3 Å². The first-order chi connectivity index (χ1) is 12.1. The molecule has 0 radical (unpaired) electrons. The molecule has 1 amide bonds. The number of amides is 1. The van der Waals surface area contributed by atoms with Crippen molar-refractivity contribution in [3.8, 4) is 0 Å². The Morgan fingerprint density at radius 3 is 2.40 bits per heavy atom. The van der Waals surface area contributed by atoms with E-state index in [1.54, 1.807) is 0 Å². The van der Waals surface area contributed by atoms with Crippen LogP contribution in [-0.2, 0) is 17.8 Å². The summed E-state index contributed by atoms with van der Waals surface area (Å²) in [5, 5.41) is 0. The first kappa shape index (κ1) is 17.3. The van der Waals surface area contributed by atoms with Gasteiger partial charge in [0.05, 0.1) is 0 Å². The SMILES string of the molecule is CN(Cc1ccccc1N1CCCC1)C(=O)CCc1ccccc1N. The van der Waals surface area contributed by atoms with Crippen molar-refractivity contribution in [3.63, 3.8) is 0 Å². The van der Waals surface area contributed by atoms with Crippen LogP contribution in [0.3, 0.4) is 0 Å². The van der Waals surface area contributed by atoms with Crippen LogP contribution < -0.4 is 10.6 Å². The fourth-order valence-corrected chi connectivity index (χ4v) is 3.45. The molecule has 1 heterocycles. The first-order valence-electron chi connectivity index (χ1n) is 9.05. The van der Waals surface area contributed by atoms with Gasteiger partial charge >= 0.3 is 0 Å². The minimum absolute atomic E-state index is 0.152. The van der Waals surface area contributed by atoms with E-state index >= 15 is 0 Å². The van der Waals surface area contributed by atoms with Gasteiger partial charge in [0.2, 0.25) is 5.91 Å². The highest BCUT2D eigenvalue weighted by molar-refractivity contribution is 5.76. The Morgan fingerprint density at radius 1 is 1.04 bits per heavy atom. The molecule has 2 aromatic rings. The van der Waals surface area contributed by atoms with Crippen molar-refractivity contribution in [2.75, 3.05) is 30.8 Å². The highest BCUT2D eigenvalue weighted by Gasteiger charge is 2.17. The summed E-state index contributed by atoms with van der Waals surface area (Å²) >= 11 is 0. The van der Waals surface area contributed by atoms with Crippen molar-refractivity contribution in [3.05, 3.63) is 59.7 Å². The topological polar surface area (TPSA) is 49.6 Å². The molecular weight excluding hydrogens is 310 g/mol. The summed E-state index contributed by atoms with van der Waals surface area (Å²) in [7, 11) is 1.89. The van der Waals surface area contributed by atoms with E-state index in [1.165, 1.54) is 24.1 Å². The Hall–Kier alpha value is -2.49. The lowest BCUT2D eigenvalue weighted by atomic mass is 10.1. The standard InChI is InChI=1S/C21H27N3O/c1-23(21(25)13-12-17-8-2-4-10-19(17)22)16-18-9-3-5-11-20(18)24-14-6-7-15-24/h2-5,8-11H,6-7,12-16,22H2,1H3. The monoisotopic (exact) mass is 337 g/mol. The van der Waals surface area contributed by atoms with Crippen LogP contribution in [0.1, 0.15) is 30.4 Å². The van der Waals surface area contributed by atoms with Gasteiger partial charge in [-0.3, -0.25) is 4.79 Å². The van der Waals surface area contributed by atoms with Crippen LogP contribution in [0.15, 0.2) is 48.5 Å². The lowest BCUT2D eigenvalue weighted by molar-refractivity contribution is -0.130. The molecule has 0 saturated carbocycles. The Bertz CT molecular complexity index is 723. The molecule has 3 rings (SSSR count). The van der Waals surface area contributed by atoms with E-state index in [9.17, 15) is 4.79 Å². The van der Waals surface area contributed by atoms with Crippen LogP contribution in [-0.4, -0.2) is 30.9 Å². The molecule has 4 nitrogen and oxygen atoms in total. The lowest BCUT2D eigenvalue weighted by Crippen LogP contribution is -2.28. The normalized spacial score (nSPS) is 13.9. The van der Waals surface area contributed by atoms with Crippen molar-refractivity contribution in [1.29, 1.82) is 0 Å². The highest BCUT2D eigenvalue weighted by atomic mass is 16.2. The zero-order valence-corrected chi connectivity index (χ0v) is 14.9. The fourth-order valence-electron chi connectivity index (χ4n) is 3.45. The number of nitrogens with two attached hydrogens (primary N) is 1. The summed E-state index contributed by atoms with van der Waals surface area (Å²) in [4.78, 5) is 16.8. The fraction of sp³-hybridized carbons (Fsp3) is 0.381. The predicted molar refractivity (Wildman–Crippen MR) is 104 cm³/mol. The van der Waals surface area contributed by atoms with E-state index in [4.69, 9.17) is 5.73 Å². The summed E-state index contributed by atoms with van der Waals surface area (Å²) < 4.78 is 0.